The molecule has 16 heavy (non-hydrogen) atoms. The number of pyridine rings is 1. The van der Waals surface area contributed by atoms with Gasteiger partial charge in [0.1, 0.15) is 0 Å². The van der Waals surface area contributed by atoms with Crippen LogP contribution in [-0.2, 0) is 11.3 Å². The molecule has 0 aliphatic carbocycles. The zero-order chi connectivity index (χ0) is 11.4. The monoisotopic (exact) mass is 348 g/mol. The molecule has 1 saturated heterocycles. The lowest BCUT2D eigenvalue weighted by Gasteiger charge is -2.31. The molecule has 1 atom stereocenters. The highest BCUT2D eigenvalue weighted by molar-refractivity contribution is 9.10. The van der Waals surface area contributed by atoms with Crippen LogP contribution in [0.25, 0.3) is 0 Å². The summed E-state index contributed by atoms with van der Waals surface area (Å²) in [5.41, 5.74) is 1.11. The van der Waals surface area contributed by atoms with E-state index in [4.69, 9.17) is 4.74 Å². The van der Waals surface area contributed by atoms with Crippen molar-refractivity contribution in [2.75, 3.05) is 25.0 Å². The van der Waals surface area contributed by atoms with Gasteiger partial charge in [0.25, 0.3) is 0 Å². The molecule has 1 unspecified atom stereocenters. The second-order valence-electron chi connectivity index (χ2n) is 3.85. The van der Waals surface area contributed by atoms with Crippen molar-refractivity contribution in [1.82, 2.24) is 9.88 Å². The minimum absolute atomic E-state index is 0.309. The quantitative estimate of drug-likeness (QED) is 0.784. The maximum atomic E-state index is 5.60. The lowest BCUT2D eigenvalue weighted by atomic mass is 10.2. The molecule has 0 spiro atoms. The number of morpholine rings is 1. The number of rotatable bonds is 3. The maximum absolute atomic E-state index is 5.60. The first-order valence-corrected chi connectivity index (χ1v) is 7.19. The lowest BCUT2D eigenvalue weighted by Crippen LogP contribution is -2.42. The lowest BCUT2D eigenvalue weighted by molar-refractivity contribution is -0.0185. The Bertz CT molecular complexity index is 331. The number of ether oxygens (including phenoxy) is 1. The SMILES string of the molecule is BrCC1CN(Cc2ccc(Br)cn2)CCO1. The van der Waals surface area contributed by atoms with Gasteiger partial charge in [0, 0.05) is 35.6 Å². The summed E-state index contributed by atoms with van der Waals surface area (Å²) in [7, 11) is 0. The number of halogens is 2. The largest absolute Gasteiger partial charge is 0.375 e. The van der Waals surface area contributed by atoms with Crippen molar-refractivity contribution in [2.24, 2.45) is 0 Å². The summed E-state index contributed by atoms with van der Waals surface area (Å²) >= 11 is 6.85. The molecule has 1 aromatic heterocycles. The molecule has 1 aliphatic heterocycles. The van der Waals surface area contributed by atoms with E-state index in [1.165, 1.54) is 0 Å². The van der Waals surface area contributed by atoms with Crippen LogP contribution >= 0.6 is 31.9 Å². The van der Waals surface area contributed by atoms with Gasteiger partial charge in [-0.15, -0.1) is 0 Å². The molecule has 1 fully saturated rings. The number of alkyl halides is 1. The molecule has 0 aromatic carbocycles. The molecule has 3 nitrogen and oxygen atoms in total. The molecule has 5 heteroatoms. The van der Waals surface area contributed by atoms with Crippen molar-refractivity contribution in [2.45, 2.75) is 12.6 Å². The van der Waals surface area contributed by atoms with E-state index in [2.05, 4.69) is 47.8 Å². The van der Waals surface area contributed by atoms with Gasteiger partial charge in [-0.2, -0.15) is 0 Å². The average Bonchev–Trinajstić information content (AvgIpc) is 2.32. The Kier molecular flexibility index (Phi) is 4.76. The Balaban J connectivity index is 1.91. The van der Waals surface area contributed by atoms with Crippen LogP contribution in [0.3, 0.4) is 0 Å². The van der Waals surface area contributed by atoms with Gasteiger partial charge in [-0.3, -0.25) is 9.88 Å². The molecule has 1 aromatic rings. The Hall–Kier alpha value is 0.0300. The highest BCUT2D eigenvalue weighted by atomic mass is 79.9. The minimum Gasteiger partial charge on any atom is -0.375 e. The van der Waals surface area contributed by atoms with Gasteiger partial charge in [-0.05, 0) is 28.1 Å². The Morgan fingerprint density at radius 2 is 2.38 bits per heavy atom. The topological polar surface area (TPSA) is 25.4 Å². The summed E-state index contributed by atoms with van der Waals surface area (Å²) in [4.78, 5) is 6.76. The molecule has 0 N–H and O–H groups in total. The predicted octanol–water partition coefficient (Wildman–Crippen LogP) is 2.44. The molecule has 0 amide bonds. The predicted molar refractivity (Wildman–Crippen MR) is 70.7 cm³/mol. The van der Waals surface area contributed by atoms with E-state index in [1.807, 2.05) is 12.3 Å². The van der Waals surface area contributed by atoms with Crippen molar-refractivity contribution in [3.8, 4) is 0 Å². The smallest absolute Gasteiger partial charge is 0.0799 e. The fourth-order valence-corrected chi connectivity index (χ4v) is 2.37. The minimum atomic E-state index is 0.309. The summed E-state index contributed by atoms with van der Waals surface area (Å²) in [5, 5.41) is 0.900. The second-order valence-corrected chi connectivity index (χ2v) is 5.41. The van der Waals surface area contributed by atoms with E-state index >= 15 is 0 Å². The highest BCUT2D eigenvalue weighted by Gasteiger charge is 2.19. The van der Waals surface area contributed by atoms with Crippen LogP contribution in [-0.4, -0.2) is 41.0 Å². The van der Waals surface area contributed by atoms with E-state index in [0.29, 0.717) is 6.10 Å². The summed E-state index contributed by atoms with van der Waals surface area (Å²) in [6, 6.07) is 4.09. The Morgan fingerprint density at radius 3 is 3.06 bits per heavy atom. The van der Waals surface area contributed by atoms with Crippen LogP contribution in [0.2, 0.25) is 0 Å². The molecular weight excluding hydrogens is 336 g/mol. The first kappa shape index (κ1) is 12.5. The van der Waals surface area contributed by atoms with E-state index in [9.17, 15) is 0 Å². The summed E-state index contributed by atoms with van der Waals surface area (Å²) in [6.45, 7) is 3.68. The molecule has 0 saturated carbocycles. The van der Waals surface area contributed by atoms with Gasteiger partial charge >= 0.3 is 0 Å². The molecule has 0 radical (unpaired) electrons. The molecular formula is C11H14Br2N2O. The molecule has 0 bridgehead atoms. The Labute approximate surface area is 112 Å². The number of hydrogen-bond acceptors (Lipinski definition) is 3. The zero-order valence-electron chi connectivity index (χ0n) is 8.90. The standard InChI is InChI=1S/C11H14Br2N2O/c12-5-11-8-15(3-4-16-11)7-10-2-1-9(13)6-14-10/h1-2,6,11H,3-5,7-8H2. The van der Waals surface area contributed by atoms with Crippen molar-refractivity contribution in [3.05, 3.63) is 28.5 Å². The molecule has 88 valence electrons. The molecule has 2 heterocycles. The number of nitrogens with zero attached hydrogens (tertiary/aromatic N) is 2. The van der Waals surface area contributed by atoms with Crippen LogP contribution < -0.4 is 0 Å². The van der Waals surface area contributed by atoms with E-state index < -0.39 is 0 Å². The van der Waals surface area contributed by atoms with Crippen LogP contribution in [0.1, 0.15) is 5.69 Å². The van der Waals surface area contributed by atoms with E-state index in [0.717, 1.165) is 41.7 Å². The average molecular weight is 350 g/mol. The van der Waals surface area contributed by atoms with Crippen molar-refractivity contribution in [1.29, 1.82) is 0 Å². The summed E-state index contributed by atoms with van der Waals surface area (Å²) in [6.07, 6.45) is 2.15. The first-order valence-electron chi connectivity index (χ1n) is 5.28. The maximum Gasteiger partial charge on any atom is 0.0799 e. The summed E-state index contributed by atoms with van der Waals surface area (Å²) in [5.74, 6) is 0. The van der Waals surface area contributed by atoms with Crippen LogP contribution in [0.5, 0.6) is 0 Å². The third kappa shape index (κ3) is 3.52. The van der Waals surface area contributed by atoms with Crippen molar-refractivity contribution >= 4 is 31.9 Å². The van der Waals surface area contributed by atoms with Gasteiger partial charge in [0.15, 0.2) is 0 Å². The highest BCUT2D eigenvalue weighted by Crippen LogP contribution is 2.12. The van der Waals surface area contributed by atoms with Gasteiger partial charge in [-0.25, -0.2) is 0 Å². The number of aromatic nitrogens is 1. The fourth-order valence-electron chi connectivity index (χ4n) is 1.75. The van der Waals surface area contributed by atoms with Crippen LogP contribution in [0.4, 0.5) is 0 Å². The molecule has 1 aliphatic rings. The first-order chi connectivity index (χ1) is 7.78. The van der Waals surface area contributed by atoms with Crippen molar-refractivity contribution < 1.29 is 4.74 Å². The molecule has 2 rings (SSSR count). The normalized spacial score (nSPS) is 22.2. The van der Waals surface area contributed by atoms with E-state index in [1.54, 1.807) is 0 Å². The third-order valence-corrected chi connectivity index (χ3v) is 3.76. The van der Waals surface area contributed by atoms with Gasteiger partial charge in [0.2, 0.25) is 0 Å². The van der Waals surface area contributed by atoms with Crippen LogP contribution in [0, 0.1) is 0 Å². The summed E-state index contributed by atoms with van der Waals surface area (Å²) < 4.78 is 6.62. The van der Waals surface area contributed by atoms with Gasteiger partial charge in [0.05, 0.1) is 18.4 Å². The van der Waals surface area contributed by atoms with Crippen molar-refractivity contribution in [3.63, 3.8) is 0 Å². The van der Waals surface area contributed by atoms with Gasteiger partial charge in [-0.1, -0.05) is 15.9 Å². The zero-order valence-corrected chi connectivity index (χ0v) is 12.1. The Morgan fingerprint density at radius 1 is 1.50 bits per heavy atom. The van der Waals surface area contributed by atoms with Crippen LogP contribution in [0.15, 0.2) is 22.8 Å². The fraction of sp³-hybridized carbons (Fsp3) is 0.545. The van der Waals surface area contributed by atoms with E-state index in [-0.39, 0.29) is 0 Å². The van der Waals surface area contributed by atoms with Gasteiger partial charge < -0.3 is 4.74 Å². The second kappa shape index (κ2) is 6.10. The third-order valence-electron chi connectivity index (χ3n) is 2.57. The number of hydrogen-bond donors (Lipinski definition) is 0.